The molecule has 1 unspecified atom stereocenters. The van der Waals surface area contributed by atoms with Crippen LogP contribution < -0.4 is 5.32 Å². The smallest absolute Gasteiger partial charge is 0.121 e. The van der Waals surface area contributed by atoms with Crippen LogP contribution in [0.5, 0.6) is 0 Å². The number of hydrogen-bond acceptors (Lipinski definition) is 2. The molecule has 0 bridgehead atoms. The van der Waals surface area contributed by atoms with Crippen LogP contribution in [0.15, 0.2) is 36.9 Å². The molecule has 0 saturated heterocycles. The highest BCUT2D eigenvalue weighted by atomic mass is 14.9. The van der Waals surface area contributed by atoms with Crippen LogP contribution in [-0.4, -0.2) is 6.54 Å². The fourth-order valence-corrected chi connectivity index (χ4v) is 1.85. The molecule has 1 aliphatic rings. The lowest BCUT2D eigenvalue weighted by Crippen LogP contribution is -2.19. The van der Waals surface area contributed by atoms with Crippen molar-refractivity contribution in [2.75, 3.05) is 6.54 Å². The van der Waals surface area contributed by atoms with Crippen LogP contribution in [-0.2, 0) is 0 Å². The minimum Gasteiger partial charge on any atom is -0.295 e. The summed E-state index contributed by atoms with van der Waals surface area (Å²) in [5.41, 5.74) is 2.44. The second-order valence-electron chi connectivity index (χ2n) is 4.20. The molecule has 0 spiro atoms. The normalized spacial score (nSPS) is 16.4. The Morgan fingerprint density at radius 3 is 3.00 bits per heavy atom. The molecule has 0 radical (unpaired) electrons. The van der Waals surface area contributed by atoms with E-state index in [-0.39, 0.29) is 6.04 Å². The molecule has 1 N–H and O–H groups in total. The minimum absolute atomic E-state index is 0.225. The van der Waals surface area contributed by atoms with Crippen molar-refractivity contribution in [1.82, 2.24) is 5.32 Å². The van der Waals surface area contributed by atoms with Gasteiger partial charge in [-0.25, -0.2) is 0 Å². The maximum atomic E-state index is 9.10. The highest BCUT2D eigenvalue weighted by Crippen LogP contribution is 2.40. The first-order valence-electron chi connectivity index (χ1n) is 5.69. The molecule has 0 aromatic heterocycles. The zero-order chi connectivity index (χ0) is 11.4. The Bertz CT molecular complexity index is 413. The average molecular weight is 212 g/mol. The number of hydrogen-bond donors (Lipinski definition) is 1. The van der Waals surface area contributed by atoms with Crippen molar-refractivity contribution < 1.29 is 0 Å². The van der Waals surface area contributed by atoms with Gasteiger partial charge in [0.1, 0.15) is 6.04 Å². The average Bonchev–Trinajstić information content (AvgIpc) is 3.14. The third-order valence-electron chi connectivity index (χ3n) is 2.89. The Morgan fingerprint density at radius 1 is 1.56 bits per heavy atom. The Hall–Kier alpha value is -1.59. The Morgan fingerprint density at radius 2 is 2.38 bits per heavy atom. The molecule has 1 aromatic carbocycles. The first kappa shape index (κ1) is 10.9. The van der Waals surface area contributed by atoms with Crippen molar-refractivity contribution >= 4 is 0 Å². The van der Waals surface area contributed by atoms with Gasteiger partial charge in [-0.15, -0.1) is 6.58 Å². The van der Waals surface area contributed by atoms with Crippen LogP contribution in [0.25, 0.3) is 0 Å². The highest BCUT2D eigenvalue weighted by Gasteiger charge is 2.24. The summed E-state index contributed by atoms with van der Waals surface area (Å²) in [6.07, 6.45) is 4.36. The molecule has 0 amide bonds. The molecule has 1 saturated carbocycles. The summed E-state index contributed by atoms with van der Waals surface area (Å²) in [4.78, 5) is 0. The second-order valence-corrected chi connectivity index (χ2v) is 4.20. The zero-order valence-corrected chi connectivity index (χ0v) is 9.32. The monoisotopic (exact) mass is 212 g/mol. The molecule has 1 fully saturated rings. The van der Waals surface area contributed by atoms with Crippen molar-refractivity contribution in [3.8, 4) is 6.07 Å². The first-order chi connectivity index (χ1) is 7.85. The van der Waals surface area contributed by atoms with E-state index in [2.05, 4.69) is 30.1 Å². The fraction of sp³-hybridized carbons (Fsp3) is 0.357. The number of nitriles is 1. The van der Waals surface area contributed by atoms with Gasteiger partial charge >= 0.3 is 0 Å². The van der Waals surface area contributed by atoms with Gasteiger partial charge in [-0.05, 0) is 29.9 Å². The summed E-state index contributed by atoms with van der Waals surface area (Å²) in [5, 5.41) is 12.2. The van der Waals surface area contributed by atoms with E-state index in [9.17, 15) is 0 Å². The molecule has 2 nitrogen and oxygen atoms in total. The van der Waals surface area contributed by atoms with Crippen LogP contribution in [0, 0.1) is 11.3 Å². The van der Waals surface area contributed by atoms with Crippen LogP contribution in [0.3, 0.4) is 0 Å². The molecule has 1 aliphatic carbocycles. The van der Waals surface area contributed by atoms with Crippen LogP contribution >= 0.6 is 0 Å². The number of nitrogens with zero attached hydrogens (tertiary/aromatic N) is 1. The lowest BCUT2D eigenvalue weighted by molar-refractivity contribution is 0.682. The lowest BCUT2D eigenvalue weighted by Gasteiger charge is -2.11. The maximum absolute atomic E-state index is 9.10. The highest BCUT2D eigenvalue weighted by molar-refractivity contribution is 5.33. The van der Waals surface area contributed by atoms with Crippen molar-refractivity contribution in [3.05, 3.63) is 48.0 Å². The lowest BCUT2D eigenvalue weighted by atomic mass is 10.0. The fourth-order valence-electron chi connectivity index (χ4n) is 1.85. The second kappa shape index (κ2) is 4.96. The van der Waals surface area contributed by atoms with E-state index in [1.807, 2.05) is 12.1 Å². The van der Waals surface area contributed by atoms with Gasteiger partial charge in [-0.2, -0.15) is 5.26 Å². The number of benzene rings is 1. The molecular formula is C14H16N2. The molecule has 2 heteroatoms. The molecule has 0 heterocycles. The van der Waals surface area contributed by atoms with Gasteiger partial charge in [0, 0.05) is 6.54 Å². The molecule has 2 rings (SSSR count). The quantitative estimate of drug-likeness (QED) is 0.762. The van der Waals surface area contributed by atoms with Crippen LogP contribution in [0.1, 0.15) is 35.9 Å². The van der Waals surface area contributed by atoms with Crippen molar-refractivity contribution in [1.29, 1.82) is 5.26 Å². The maximum Gasteiger partial charge on any atom is 0.121 e. The van der Waals surface area contributed by atoms with E-state index in [1.54, 1.807) is 6.08 Å². The Kier molecular flexibility index (Phi) is 3.38. The summed E-state index contributed by atoms with van der Waals surface area (Å²) in [7, 11) is 0. The predicted octanol–water partition coefficient (Wildman–Crippen LogP) is 2.90. The minimum atomic E-state index is -0.225. The number of nitrogens with one attached hydrogen (secondary N) is 1. The Balaban J connectivity index is 2.14. The van der Waals surface area contributed by atoms with Crippen molar-refractivity contribution in [3.63, 3.8) is 0 Å². The molecular weight excluding hydrogens is 196 g/mol. The summed E-state index contributed by atoms with van der Waals surface area (Å²) >= 11 is 0. The molecule has 1 aromatic rings. The predicted molar refractivity (Wildman–Crippen MR) is 65.0 cm³/mol. The van der Waals surface area contributed by atoms with E-state index in [0.717, 1.165) is 11.5 Å². The van der Waals surface area contributed by atoms with Gasteiger partial charge in [-0.1, -0.05) is 30.3 Å². The summed E-state index contributed by atoms with van der Waals surface area (Å²) in [5.74, 6) is 0.735. The molecule has 16 heavy (non-hydrogen) atoms. The van der Waals surface area contributed by atoms with Crippen LogP contribution in [0.2, 0.25) is 0 Å². The number of rotatable bonds is 5. The van der Waals surface area contributed by atoms with E-state index < -0.39 is 0 Å². The summed E-state index contributed by atoms with van der Waals surface area (Å²) < 4.78 is 0. The third kappa shape index (κ3) is 2.50. The molecule has 82 valence electrons. The van der Waals surface area contributed by atoms with Gasteiger partial charge in [0.15, 0.2) is 0 Å². The van der Waals surface area contributed by atoms with Crippen molar-refractivity contribution in [2.24, 2.45) is 0 Å². The third-order valence-corrected chi connectivity index (χ3v) is 2.89. The summed E-state index contributed by atoms with van der Waals surface area (Å²) in [6.45, 7) is 4.30. The standard InChI is InChI=1S/C14H16N2/c1-2-8-16-14(10-15)13-5-3-4-12(9-13)11-6-7-11/h2-5,9,11,14,16H,1,6-8H2. The zero-order valence-electron chi connectivity index (χ0n) is 9.32. The first-order valence-corrected chi connectivity index (χ1v) is 5.69. The van der Waals surface area contributed by atoms with Gasteiger partial charge in [0.05, 0.1) is 6.07 Å². The van der Waals surface area contributed by atoms with E-state index in [0.29, 0.717) is 6.54 Å². The van der Waals surface area contributed by atoms with E-state index in [1.165, 1.54) is 18.4 Å². The van der Waals surface area contributed by atoms with E-state index in [4.69, 9.17) is 5.26 Å². The molecule has 0 aliphatic heterocycles. The SMILES string of the molecule is C=CCNC(C#N)c1cccc(C2CC2)c1. The van der Waals surface area contributed by atoms with Crippen molar-refractivity contribution in [2.45, 2.75) is 24.8 Å². The van der Waals surface area contributed by atoms with Gasteiger partial charge in [0.2, 0.25) is 0 Å². The van der Waals surface area contributed by atoms with Gasteiger partial charge in [0.25, 0.3) is 0 Å². The van der Waals surface area contributed by atoms with Gasteiger partial charge < -0.3 is 0 Å². The van der Waals surface area contributed by atoms with Crippen LogP contribution in [0.4, 0.5) is 0 Å². The largest absolute Gasteiger partial charge is 0.295 e. The van der Waals surface area contributed by atoms with E-state index >= 15 is 0 Å². The topological polar surface area (TPSA) is 35.8 Å². The summed E-state index contributed by atoms with van der Waals surface area (Å²) in [6, 6.07) is 10.4. The van der Waals surface area contributed by atoms with Gasteiger partial charge in [-0.3, -0.25) is 5.32 Å². The molecule has 1 atom stereocenters. The Labute approximate surface area is 96.6 Å².